The molecule has 0 bridgehead atoms. The summed E-state index contributed by atoms with van der Waals surface area (Å²) in [5.41, 5.74) is 0. The topological polar surface area (TPSA) is 0 Å². The van der Waals surface area contributed by atoms with Crippen molar-refractivity contribution in [3.63, 3.8) is 0 Å². The van der Waals surface area contributed by atoms with E-state index in [1.54, 1.807) is 0 Å². The van der Waals surface area contributed by atoms with Gasteiger partial charge in [-0.25, -0.2) is 0 Å². The Hall–Kier alpha value is -0.0400. The Bertz CT molecular complexity index is 232. The monoisotopic (exact) mass is 340 g/mol. The van der Waals surface area contributed by atoms with E-state index in [1.165, 1.54) is 127 Å². The van der Waals surface area contributed by atoms with Crippen LogP contribution in [0.25, 0.3) is 0 Å². The maximum Gasteiger partial charge on any atom is 0.0784 e. The zero-order valence-electron chi connectivity index (χ0n) is 17.9. The number of hydrogen-bond acceptors (Lipinski definition) is 0. The third kappa shape index (κ3) is 15.5. The minimum atomic E-state index is 1.26. The van der Waals surface area contributed by atoms with Gasteiger partial charge in [0, 0.05) is 0 Å². The lowest BCUT2D eigenvalue weighted by Crippen LogP contribution is -2.44. The molecule has 1 heteroatoms. The van der Waals surface area contributed by atoms with Crippen LogP contribution in [0.5, 0.6) is 0 Å². The van der Waals surface area contributed by atoms with Gasteiger partial charge in [-0.1, -0.05) is 96.8 Å². The average molecular weight is 341 g/mol. The predicted octanol–water partition coefficient (Wildman–Crippen LogP) is 7.73. The number of rotatable bonds is 19. The molecule has 1 nitrogen and oxygen atoms in total. The van der Waals surface area contributed by atoms with Gasteiger partial charge in [-0.05, 0) is 26.7 Å². The van der Waals surface area contributed by atoms with Crippen molar-refractivity contribution in [3.8, 4) is 0 Å². The lowest BCUT2D eigenvalue weighted by Gasteiger charge is -2.32. The molecule has 0 fully saturated rings. The Morgan fingerprint density at radius 1 is 0.417 bits per heavy atom. The fourth-order valence-corrected chi connectivity index (χ4v) is 3.58. The Balaban J connectivity index is 3.13. The Morgan fingerprint density at radius 2 is 0.708 bits per heavy atom. The summed E-state index contributed by atoms with van der Waals surface area (Å²) in [7, 11) is 2.41. The summed E-state index contributed by atoms with van der Waals surface area (Å²) in [5.74, 6) is 0. The molecule has 146 valence electrons. The van der Waals surface area contributed by atoms with Crippen LogP contribution in [0.3, 0.4) is 0 Å². The molecule has 0 aromatic rings. The fourth-order valence-electron chi connectivity index (χ4n) is 3.58. The summed E-state index contributed by atoms with van der Waals surface area (Å²) < 4.78 is 1.26. The second kappa shape index (κ2) is 17.8. The van der Waals surface area contributed by atoms with Gasteiger partial charge >= 0.3 is 0 Å². The summed E-state index contributed by atoms with van der Waals surface area (Å²) in [6.07, 6.45) is 23.4. The maximum atomic E-state index is 2.41. The van der Waals surface area contributed by atoms with Crippen LogP contribution in [0.15, 0.2) is 0 Å². The molecule has 0 aromatic heterocycles. The highest BCUT2D eigenvalue weighted by Crippen LogP contribution is 2.14. The van der Waals surface area contributed by atoms with E-state index in [2.05, 4.69) is 27.8 Å². The highest BCUT2D eigenvalue weighted by atomic mass is 15.3. The van der Waals surface area contributed by atoms with Gasteiger partial charge in [0.25, 0.3) is 0 Å². The minimum Gasteiger partial charge on any atom is -0.327 e. The largest absolute Gasteiger partial charge is 0.327 e. The molecule has 0 saturated carbocycles. The van der Waals surface area contributed by atoms with E-state index in [-0.39, 0.29) is 0 Å². The molecule has 0 spiro atoms. The normalized spacial score (nSPS) is 12.0. The van der Waals surface area contributed by atoms with Crippen molar-refractivity contribution in [2.75, 3.05) is 26.7 Å². The lowest BCUT2D eigenvalue weighted by molar-refractivity contribution is -0.906. The Morgan fingerprint density at radius 3 is 1.00 bits per heavy atom. The van der Waals surface area contributed by atoms with E-state index < -0.39 is 0 Å². The highest BCUT2D eigenvalue weighted by Gasteiger charge is 2.14. The Labute approximate surface area is 155 Å². The number of unbranched alkanes of at least 4 members (excludes halogenated alkanes) is 15. The van der Waals surface area contributed by atoms with Crippen LogP contribution >= 0.6 is 0 Å². The standard InChI is InChI=1S/C23H50N/c1-5-8-9-10-11-12-13-14-15-16-17-18-19-20-21-22-23-24(4,6-2)7-3/h5-23H2,1-4H3/q+1. The van der Waals surface area contributed by atoms with Gasteiger partial charge in [0.15, 0.2) is 0 Å². The molecule has 0 aliphatic heterocycles. The van der Waals surface area contributed by atoms with Crippen LogP contribution in [-0.2, 0) is 0 Å². The van der Waals surface area contributed by atoms with Crippen LogP contribution in [-0.4, -0.2) is 31.2 Å². The molecule has 0 saturated heterocycles. The summed E-state index contributed by atoms with van der Waals surface area (Å²) >= 11 is 0. The van der Waals surface area contributed by atoms with E-state index in [9.17, 15) is 0 Å². The summed E-state index contributed by atoms with van der Waals surface area (Å²) in [4.78, 5) is 0. The van der Waals surface area contributed by atoms with Crippen molar-refractivity contribution >= 4 is 0 Å². The minimum absolute atomic E-state index is 1.26. The van der Waals surface area contributed by atoms with Gasteiger partial charge < -0.3 is 4.48 Å². The van der Waals surface area contributed by atoms with E-state index >= 15 is 0 Å². The second-order valence-electron chi connectivity index (χ2n) is 8.28. The smallest absolute Gasteiger partial charge is 0.0784 e. The maximum absolute atomic E-state index is 2.41. The van der Waals surface area contributed by atoms with Crippen LogP contribution in [0.2, 0.25) is 0 Å². The van der Waals surface area contributed by atoms with Crippen molar-refractivity contribution in [2.45, 2.75) is 124 Å². The molecule has 0 aliphatic rings. The molecule has 24 heavy (non-hydrogen) atoms. The van der Waals surface area contributed by atoms with Gasteiger partial charge in [0.2, 0.25) is 0 Å². The number of hydrogen-bond donors (Lipinski definition) is 0. The zero-order chi connectivity index (χ0) is 17.9. The molecule has 0 heterocycles. The van der Waals surface area contributed by atoms with Crippen molar-refractivity contribution in [1.82, 2.24) is 0 Å². The molecular formula is C23H50N+. The lowest BCUT2D eigenvalue weighted by atomic mass is 10.0. The van der Waals surface area contributed by atoms with Gasteiger partial charge in [0.05, 0.1) is 26.7 Å². The van der Waals surface area contributed by atoms with Crippen LogP contribution in [0, 0.1) is 0 Å². The number of nitrogens with zero attached hydrogens (tertiary/aromatic N) is 1. The number of quaternary nitrogens is 1. The van der Waals surface area contributed by atoms with Gasteiger partial charge in [-0.2, -0.15) is 0 Å². The molecule has 0 unspecified atom stereocenters. The predicted molar refractivity (Wildman–Crippen MR) is 112 cm³/mol. The molecular weight excluding hydrogens is 290 g/mol. The first-order valence-corrected chi connectivity index (χ1v) is 11.5. The first-order valence-electron chi connectivity index (χ1n) is 11.5. The highest BCUT2D eigenvalue weighted by molar-refractivity contribution is 4.50. The first-order chi connectivity index (χ1) is 11.7. The molecule has 0 amide bonds. The summed E-state index contributed by atoms with van der Waals surface area (Å²) in [5, 5.41) is 0. The van der Waals surface area contributed by atoms with Crippen molar-refractivity contribution < 1.29 is 4.48 Å². The van der Waals surface area contributed by atoms with Gasteiger partial charge in [0.1, 0.15) is 0 Å². The fraction of sp³-hybridized carbons (Fsp3) is 1.00. The third-order valence-electron chi connectivity index (χ3n) is 6.08. The van der Waals surface area contributed by atoms with Crippen molar-refractivity contribution in [3.05, 3.63) is 0 Å². The van der Waals surface area contributed by atoms with Crippen molar-refractivity contribution in [1.29, 1.82) is 0 Å². The molecule has 0 rings (SSSR count). The summed E-state index contributed by atoms with van der Waals surface area (Å²) in [6.45, 7) is 10.9. The van der Waals surface area contributed by atoms with E-state index in [0.717, 1.165) is 0 Å². The molecule has 0 aromatic carbocycles. The average Bonchev–Trinajstić information content (AvgIpc) is 2.61. The van der Waals surface area contributed by atoms with Crippen LogP contribution < -0.4 is 0 Å². The quantitative estimate of drug-likeness (QED) is 0.167. The molecule has 0 N–H and O–H groups in total. The molecule has 0 atom stereocenters. The van der Waals surface area contributed by atoms with E-state index in [4.69, 9.17) is 0 Å². The third-order valence-corrected chi connectivity index (χ3v) is 6.08. The van der Waals surface area contributed by atoms with Crippen molar-refractivity contribution in [2.24, 2.45) is 0 Å². The van der Waals surface area contributed by atoms with Gasteiger partial charge in [-0.3, -0.25) is 0 Å². The Kier molecular flexibility index (Phi) is 17.7. The van der Waals surface area contributed by atoms with Crippen LogP contribution in [0.1, 0.15) is 124 Å². The van der Waals surface area contributed by atoms with Crippen LogP contribution in [0.4, 0.5) is 0 Å². The molecule has 0 radical (unpaired) electrons. The SMILES string of the molecule is CCCCCCCCCCCCCCCCCC[N+](C)(CC)CC. The first kappa shape index (κ1) is 24.0. The zero-order valence-corrected chi connectivity index (χ0v) is 17.9. The van der Waals surface area contributed by atoms with Gasteiger partial charge in [-0.15, -0.1) is 0 Å². The van der Waals surface area contributed by atoms with E-state index in [1.807, 2.05) is 0 Å². The molecule has 0 aliphatic carbocycles. The summed E-state index contributed by atoms with van der Waals surface area (Å²) in [6, 6.07) is 0. The second-order valence-corrected chi connectivity index (χ2v) is 8.28. The van der Waals surface area contributed by atoms with E-state index in [0.29, 0.717) is 0 Å².